The fraction of sp³-hybridized carbons (Fsp3) is 0.538. The summed E-state index contributed by atoms with van der Waals surface area (Å²) in [4.78, 5) is 2.15. The van der Waals surface area contributed by atoms with Gasteiger partial charge in [0.25, 0.3) is 10.2 Å². The molecule has 1 fully saturated rings. The molecule has 1 heterocycles. The van der Waals surface area contributed by atoms with E-state index in [1.165, 1.54) is 4.31 Å². The van der Waals surface area contributed by atoms with Crippen molar-refractivity contribution in [1.29, 1.82) is 0 Å². The lowest BCUT2D eigenvalue weighted by Gasteiger charge is -2.36. The summed E-state index contributed by atoms with van der Waals surface area (Å²) in [6, 6.07) is 5.81. The van der Waals surface area contributed by atoms with Gasteiger partial charge in [-0.05, 0) is 18.6 Å². The van der Waals surface area contributed by atoms with Crippen molar-refractivity contribution in [2.75, 3.05) is 37.6 Å². The molecule has 1 aromatic carbocycles. The van der Waals surface area contributed by atoms with E-state index in [1.54, 1.807) is 6.92 Å². The number of para-hydroxylation sites is 1. The van der Waals surface area contributed by atoms with Crippen LogP contribution in [0.2, 0.25) is 5.02 Å². The van der Waals surface area contributed by atoms with Gasteiger partial charge in [-0.15, -0.1) is 0 Å². The van der Waals surface area contributed by atoms with Crippen LogP contribution in [0.4, 0.5) is 5.69 Å². The summed E-state index contributed by atoms with van der Waals surface area (Å²) in [5.74, 6) is 0. The van der Waals surface area contributed by atoms with E-state index in [1.807, 2.05) is 25.1 Å². The lowest BCUT2D eigenvalue weighted by Crippen LogP contribution is -2.52. The van der Waals surface area contributed by atoms with Gasteiger partial charge in [-0.2, -0.15) is 12.7 Å². The lowest BCUT2D eigenvalue weighted by atomic mass is 10.1. The van der Waals surface area contributed by atoms with Crippen LogP contribution >= 0.6 is 11.6 Å². The van der Waals surface area contributed by atoms with Gasteiger partial charge < -0.3 is 4.90 Å². The second-order valence-corrected chi connectivity index (χ2v) is 6.96. The highest BCUT2D eigenvalue weighted by Crippen LogP contribution is 2.30. The normalized spacial score (nSPS) is 17.4. The molecule has 0 radical (unpaired) electrons. The molecule has 1 aliphatic rings. The monoisotopic (exact) mass is 317 g/mol. The topological polar surface area (TPSA) is 52.7 Å². The Morgan fingerprint density at radius 3 is 2.45 bits per heavy atom. The third-order valence-corrected chi connectivity index (χ3v) is 5.41. The van der Waals surface area contributed by atoms with Gasteiger partial charge in [0.1, 0.15) is 0 Å². The lowest BCUT2D eigenvalue weighted by molar-refractivity contribution is 0.379. The van der Waals surface area contributed by atoms with Crippen molar-refractivity contribution in [2.45, 2.75) is 13.8 Å². The molecular weight excluding hydrogens is 298 g/mol. The highest BCUT2D eigenvalue weighted by Gasteiger charge is 2.27. The summed E-state index contributed by atoms with van der Waals surface area (Å²) >= 11 is 6.25. The van der Waals surface area contributed by atoms with Crippen molar-refractivity contribution in [3.63, 3.8) is 0 Å². The van der Waals surface area contributed by atoms with Crippen LogP contribution < -0.4 is 9.62 Å². The van der Waals surface area contributed by atoms with Crippen LogP contribution in [0, 0.1) is 6.92 Å². The molecular formula is C13H20ClN3O2S. The molecule has 0 saturated carbocycles. The Hall–Kier alpha value is -0.820. The zero-order valence-electron chi connectivity index (χ0n) is 11.8. The number of hydrogen-bond donors (Lipinski definition) is 1. The third kappa shape index (κ3) is 3.25. The highest BCUT2D eigenvalue weighted by molar-refractivity contribution is 7.87. The largest absolute Gasteiger partial charge is 0.367 e. The maximum atomic E-state index is 11.9. The molecule has 0 unspecified atom stereocenters. The first-order valence-corrected chi connectivity index (χ1v) is 8.52. The Balaban J connectivity index is 2.09. The molecule has 1 N–H and O–H groups in total. The molecule has 0 aromatic heterocycles. The predicted octanol–water partition coefficient (Wildman–Crippen LogP) is 1.62. The van der Waals surface area contributed by atoms with Crippen molar-refractivity contribution in [3.05, 3.63) is 28.8 Å². The second-order valence-electron chi connectivity index (χ2n) is 4.79. The minimum Gasteiger partial charge on any atom is -0.367 e. The predicted molar refractivity (Wildman–Crippen MR) is 82.6 cm³/mol. The summed E-state index contributed by atoms with van der Waals surface area (Å²) in [5.41, 5.74) is 2.12. The number of nitrogens with zero attached hydrogens (tertiary/aromatic N) is 2. The van der Waals surface area contributed by atoms with Crippen molar-refractivity contribution < 1.29 is 8.42 Å². The number of benzene rings is 1. The first kappa shape index (κ1) is 15.6. The molecule has 1 aliphatic heterocycles. The minimum atomic E-state index is -3.34. The maximum Gasteiger partial charge on any atom is 0.279 e. The van der Waals surface area contributed by atoms with Gasteiger partial charge in [-0.3, -0.25) is 0 Å². The number of halogens is 1. The molecule has 0 spiro atoms. The molecule has 2 rings (SSSR count). The van der Waals surface area contributed by atoms with E-state index >= 15 is 0 Å². The van der Waals surface area contributed by atoms with Gasteiger partial charge in [0.2, 0.25) is 0 Å². The molecule has 1 aromatic rings. The molecule has 0 atom stereocenters. The number of anilines is 1. The van der Waals surface area contributed by atoms with Crippen molar-refractivity contribution >= 4 is 27.5 Å². The van der Waals surface area contributed by atoms with Gasteiger partial charge in [0.15, 0.2) is 0 Å². The quantitative estimate of drug-likeness (QED) is 0.918. The van der Waals surface area contributed by atoms with Crippen LogP contribution in [0.15, 0.2) is 18.2 Å². The van der Waals surface area contributed by atoms with Crippen molar-refractivity contribution in [3.8, 4) is 0 Å². The molecule has 0 amide bonds. The van der Waals surface area contributed by atoms with E-state index in [0.29, 0.717) is 37.7 Å². The number of piperazine rings is 1. The van der Waals surface area contributed by atoms with Crippen LogP contribution in [-0.2, 0) is 10.2 Å². The second kappa shape index (κ2) is 6.30. The molecule has 1 saturated heterocycles. The molecule has 112 valence electrons. The van der Waals surface area contributed by atoms with Gasteiger partial charge in [0, 0.05) is 32.7 Å². The zero-order valence-corrected chi connectivity index (χ0v) is 13.3. The van der Waals surface area contributed by atoms with E-state index in [9.17, 15) is 8.42 Å². The van der Waals surface area contributed by atoms with Gasteiger partial charge in [-0.25, -0.2) is 4.72 Å². The van der Waals surface area contributed by atoms with Crippen molar-refractivity contribution in [1.82, 2.24) is 9.03 Å². The first-order chi connectivity index (χ1) is 9.45. The fourth-order valence-corrected chi connectivity index (χ4v) is 3.98. The Bertz CT molecular complexity index is 549. The molecule has 5 nitrogen and oxygen atoms in total. The molecule has 20 heavy (non-hydrogen) atoms. The van der Waals surface area contributed by atoms with E-state index in [0.717, 1.165) is 11.3 Å². The van der Waals surface area contributed by atoms with Gasteiger partial charge in [-0.1, -0.05) is 30.7 Å². The number of hydrogen-bond acceptors (Lipinski definition) is 3. The Morgan fingerprint density at radius 1 is 1.25 bits per heavy atom. The summed E-state index contributed by atoms with van der Waals surface area (Å²) in [5, 5.41) is 0.716. The fourth-order valence-electron chi connectivity index (χ4n) is 2.45. The van der Waals surface area contributed by atoms with Crippen LogP contribution in [0.25, 0.3) is 0 Å². The molecule has 7 heteroatoms. The van der Waals surface area contributed by atoms with E-state index in [4.69, 9.17) is 11.6 Å². The van der Waals surface area contributed by atoms with Crippen LogP contribution in [0.5, 0.6) is 0 Å². The Morgan fingerprint density at radius 2 is 1.90 bits per heavy atom. The number of rotatable bonds is 4. The average Bonchev–Trinajstić information content (AvgIpc) is 2.39. The molecule has 0 aliphatic carbocycles. The van der Waals surface area contributed by atoms with E-state index in [2.05, 4.69) is 9.62 Å². The highest BCUT2D eigenvalue weighted by atomic mass is 35.5. The van der Waals surface area contributed by atoms with Crippen LogP contribution in [-0.4, -0.2) is 45.4 Å². The van der Waals surface area contributed by atoms with E-state index < -0.39 is 10.2 Å². The molecule has 0 bridgehead atoms. The van der Waals surface area contributed by atoms with Gasteiger partial charge >= 0.3 is 0 Å². The Labute approximate surface area is 125 Å². The maximum absolute atomic E-state index is 11.9. The van der Waals surface area contributed by atoms with Crippen molar-refractivity contribution in [2.24, 2.45) is 0 Å². The summed E-state index contributed by atoms with van der Waals surface area (Å²) in [6.07, 6.45) is 0. The summed E-state index contributed by atoms with van der Waals surface area (Å²) < 4.78 is 27.9. The van der Waals surface area contributed by atoms with Gasteiger partial charge in [0.05, 0.1) is 10.7 Å². The average molecular weight is 318 g/mol. The summed E-state index contributed by atoms with van der Waals surface area (Å²) in [7, 11) is -3.34. The number of nitrogens with one attached hydrogen (secondary N) is 1. The number of aryl methyl sites for hydroxylation is 1. The first-order valence-electron chi connectivity index (χ1n) is 6.70. The standard InChI is InChI=1S/C13H20ClN3O2S/c1-3-15-20(18,19)17-9-7-16(8-10-17)13-11(2)5-4-6-12(13)14/h4-6,15H,3,7-10H2,1-2H3. The van der Waals surface area contributed by atoms with E-state index in [-0.39, 0.29) is 0 Å². The third-order valence-electron chi connectivity index (χ3n) is 3.41. The van der Waals surface area contributed by atoms with Crippen LogP contribution in [0.3, 0.4) is 0 Å². The SMILES string of the molecule is CCNS(=O)(=O)N1CCN(c2c(C)cccc2Cl)CC1. The van der Waals surface area contributed by atoms with Crippen LogP contribution in [0.1, 0.15) is 12.5 Å². The Kier molecular flexibility index (Phi) is 4.90. The minimum absolute atomic E-state index is 0.409. The smallest absolute Gasteiger partial charge is 0.279 e. The zero-order chi connectivity index (χ0) is 14.8. The summed E-state index contributed by atoms with van der Waals surface area (Å²) in [6.45, 7) is 6.44.